The fourth-order valence-corrected chi connectivity index (χ4v) is 4.50. The fraction of sp³-hybridized carbons (Fsp3) is 0.226. The molecule has 0 aromatic heterocycles. The number of phenols is 2. The van der Waals surface area contributed by atoms with E-state index in [4.69, 9.17) is 16.3 Å². The van der Waals surface area contributed by atoms with E-state index in [1.807, 2.05) is 54.6 Å². The molecule has 36 heavy (non-hydrogen) atoms. The van der Waals surface area contributed by atoms with Crippen molar-refractivity contribution in [1.82, 2.24) is 5.32 Å². The van der Waals surface area contributed by atoms with Gasteiger partial charge in [-0.3, -0.25) is 0 Å². The largest absolute Gasteiger partial charge is 0.508 e. The normalized spacial score (nSPS) is 13.6. The molecule has 4 aromatic rings. The molecule has 3 N–H and O–H groups in total. The number of fused-ring (bicyclic) bond motifs is 1. The Labute approximate surface area is 217 Å². The molecule has 0 aliphatic carbocycles. The first-order chi connectivity index (χ1) is 17.6. The summed E-state index contributed by atoms with van der Waals surface area (Å²) in [7, 11) is 0. The maximum atomic E-state index is 9.92. The predicted molar refractivity (Wildman–Crippen MR) is 150 cm³/mol. The molecule has 1 aliphatic rings. The molecule has 0 bridgehead atoms. The predicted octanol–water partition coefficient (Wildman–Crippen LogP) is 7.22. The van der Waals surface area contributed by atoms with Crippen molar-refractivity contribution >= 4 is 33.5 Å². The summed E-state index contributed by atoms with van der Waals surface area (Å²) in [4.78, 5) is 0. The molecule has 0 spiro atoms. The molecule has 0 unspecified atom stereocenters. The summed E-state index contributed by atoms with van der Waals surface area (Å²) in [5.41, 5.74) is 5.28. The third kappa shape index (κ3) is 6.39. The Hall–Kier alpha value is -3.47. The number of hydrogen-bond acceptors (Lipinski definition) is 4. The van der Waals surface area contributed by atoms with Crippen molar-refractivity contribution in [3.8, 4) is 17.2 Å². The molecule has 1 saturated heterocycles. The molecule has 186 valence electrons. The van der Waals surface area contributed by atoms with Crippen LogP contribution < -0.4 is 10.1 Å². The second-order valence-electron chi connectivity index (χ2n) is 8.78. The molecule has 4 aromatic carbocycles. The minimum Gasteiger partial charge on any atom is -0.508 e. The maximum Gasteiger partial charge on any atom is 0.119 e. The first-order valence-corrected chi connectivity index (χ1v) is 12.8. The van der Waals surface area contributed by atoms with Crippen molar-refractivity contribution in [1.29, 1.82) is 0 Å². The van der Waals surface area contributed by atoms with Crippen molar-refractivity contribution in [2.75, 3.05) is 25.6 Å². The fourth-order valence-electron chi connectivity index (χ4n) is 4.42. The topological polar surface area (TPSA) is 61.7 Å². The van der Waals surface area contributed by atoms with Crippen LogP contribution in [0.2, 0.25) is 0 Å². The van der Waals surface area contributed by atoms with Crippen LogP contribution in [0.4, 0.5) is 0 Å². The molecule has 1 aliphatic heterocycles. The lowest BCUT2D eigenvalue weighted by molar-refractivity contribution is 0.343. The van der Waals surface area contributed by atoms with Gasteiger partial charge in [-0.25, -0.2) is 0 Å². The van der Waals surface area contributed by atoms with Gasteiger partial charge >= 0.3 is 0 Å². The number of allylic oxidation sites excluding steroid dienone is 1. The van der Waals surface area contributed by atoms with Gasteiger partial charge in [0.2, 0.25) is 0 Å². The van der Waals surface area contributed by atoms with E-state index in [1.165, 1.54) is 25.9 Å². The molecule has 0 radical (unpaired) electrons. The van der Waals surface area contributed by atoms with Crippen LogP contribution in [0, 0.1) is 0 Å². The van der Waals surface area contributed by atoms with Crippen LogP contribution in [0.3, 0.4) is 0 Å². The number of halogens is 1. The second-order valence-corrected chi connectivity index (χ2v) is 9.15. The number of hydrogen-bond donors (Lipinski definition) is 3. The Morgan fingerprint density at radius 2 is 1.50 bits per heavy atom. The highest BCUT2D eigenvalue weighted by Gasteiger charge is 2.14. The quantitative estimate of drug-likeness (QED) is 0.193. The minimum absolute atomic E-state index is 0.226. The average Bonchev–Trinajstić information content (AvgIpc) is 3.49. The van der Waals surface area contributed by atoms with Crippen molar-refractivity contribution in [3.05, 3.63) is 102 Å². The van der Waals surface area contributed by atoms with Gasteiger partial charge in [-0.2, -0.15) is 0 Å². The molecule has 5 rings (SSSR count). The van der Waals surface area contributed by atoms with Gasteiger partial charge in [-0.15, -0.1) is 11.6 Å². The summed E-state index contributed by atoms with van der Waals surface area (Å²) >= 11 is 5.71. The lowest BCUT2D eigenvalue weighted by atomic mass is 9.87. The van der Waals surface area contributed by atoms with Gasteiger partial charge < -0.3 is 20.3 Å². The number of ether oxygens (including phenoxy) is 1. The van der Waals surface area contributed by atoms with Gasteiger partial charge in [0.05, 0.1) is 5.88 Å². The Bertz CT molecular complexity index is 1300. The molecule has 1 heterocycles. The van der Waals surface area contributed by atoms with Crippen LogP contribution in [-0.2, 0) is 0 Å². The van der Waals surface area contributed by atoms with Gasteiger partial charge in [0.15, 0.2) is 0 Å². The highest BCUT2D eigenvalue weighted by molar-refractivity contribution is 6.18. The molecule has 4 nitrogen and oxygen atoms in total. The van der Waals surface area contributed by atoms with Crippen LogP contribution in [-0.4, -0.2) is 35.8 Å². The highest BCUT2D eigenvalue weighted by Crippen LogP contribution is 2.37. The zero-order chi connectivity index (χ0) is 25.3. The molecule has 0 saturated carbocycles. The molecular weight excluding hydrogens is 470 g/mol. The van der Waals surface area contributed by atoms with E-state index in [0.29, 0.717) is 12.5 Å². The minimum atomic E-state index is 0.226. The number of rotatable bonds is 6. The van der Waals surface area contributed by atoms with E-state index in [9.17, 15) is 10.2 Å². The molecule has 0 atom stereocenters. The number of aromatic hydroxyl groups is 2. The Morgan fingerprint density at radius 1 is 0.833 bits per heavy atom. The summed E-state index contributed by atoms with van der Waals surface area (Å²) in [6, 6.07) is 26.7. The van der Waals surface area contributed by atoms with Crippen LogP contribution in [0.5, 0.6) is 17.2 Å². The van der Waals surface area contributed by atoms with Crippen molar-refractivity contribution in [2.45, 2.75) is 19.8 Å². The van der Waals surface area contributed by atoms with Crippen LogP contribution in [0.15, 0.2) is 84.9 Å². The molecule has 5 heteroatoms. The van der Waals surface area contributed by atoms with E-state index < -0.39 is 0 Å². The molecular formula is C31H32ClNO3. The monoisotopic (exact) mass is 501 g/mol. The van der Waals surface area contributed by atoms with E-state index in [1.54, 1.807) is 24.3 Å². The second kappa shape index (κ2) is 12.5. The van der Waals surface area contributed by atoms with Gasteiger partial charge in [-0.1, -0.05) is 48.5 Å². The van der Waals surface area contributed by atoms with E-state index in [2.05, 4.69) is 18.3 Å². The zero-order valence-electron chi connectivity index (χ0n) is 20.5. The van der Waals surface area contributed by atoms with Gasteiger partial charge in [-0.05, 0) is 108 Å². The average molecular weight is 502 g/mol. The van der Waals surface area contributed by atoms with E-state index in [-0.39, 0.29) is 11.5 Å². The standard InChI is InChI=1S/C27H23ClO3.C4H9N/c1-18(19-7-12-24(13-8-19)31-16-15-28)27(20-5-9-22(29)10-6-20)26-4-2-3-21-17-23(30)11-14-25(21)26;1-2-4-5-3-1/h2-14,17,29-30H,15-16H2,1H3;5H,1-4H2. The summed E-state index contributed by atoms with van der Waals surface area (Å²) in [5, 5.41) is 25.0. The number of nitrogens with one attached hydrogen (secondary N) is 1. The van der Waals surface area contributed by atoms with Crippen LogP contribution in [0.25, 0.3) is 21.9 Å². The van der Waals surface area contributed by atoms with E-state index >= 15 is 0 Å². The van der Waals surface area contributed by atoms with Crippen LogP contribution >= 0.6 is 11.6 Å². The summed E-state index contributed by atoms with van der Waals surface area (Å²) in [5.74, 6) is 1.69. The van der Waals surface area contributed by atoms with Crippen LogP contribution in [0.1, 0.15) is 36.5 Å². The Balaban J connectivity index is 0.000000543. The zero-order valence-corrected chi connectivity index (χ0v) is 21.3. The first kappa shape index (κ1) is 25.6. The highest BCUT2D eigenvalue weighted by atomic mass is 35.5. The Morgan fingerprint density at radius 3 is 2.14 bits per heavy atom. The van der Waals surface area contributed by atoms with Crippen molar-refractivity contribution < 1.29 is 14.9 Å². The summed E-state index contributed by atoms with van der Waals surface area (Å²) in [6.07, 6.45) is 2.78. The lowest BCUT2D eigenvalue weighted by Gasteiger charge is -2.17. The third-order valence-corrected chi connectivity index (χ3v) is 6.41. The smallest absolute Gasteiger partial charge is 0.119 e. The van der Waals surface area contributed by atoms with Gasteiger partial charge in [0.1, 0.15) is 23.9 Å². The molecule has 1 fully saturated rings. The number of benzene rings is 4. The third-order valence-electron chi connectivity index (χ3n) is 6.25. The van der Waals surface area contributed by atoms with Crippen molar-refractivity contribution in [3.63, 3.8) is 0 Å². The summed E-state index contributed by atoms with van der Waals surface area (Å²) in [6.45, 7) is 5.06. The van der Waals surface area contributed by atoms with E-state index in [0.717, 1.165) is 44.4 Å². The molecule has 0 amide bonds. The SMILES string of the molecule is C1CCNC1.CC(=C(c1ccc(O)cc1)c1cccc2cc(O)ccc12)c1ccc(OCCCl)cc1. The lowest BCUT2D eigenvalue weighted by Crippen LogP contribution is -2.03. The van der Waals surface area contributed by atoms with Gasteiger partial charge in [0, 0.05) is 0 Å². The summed E-state index contributed by atoms with van der Waals surface area (Å²) < 4.78 is 5.60. The first-order valence-electron chi connectivity index (χ1n) is 12.3. The number of phenolic OH excluding ortho intramolecular Hbond substituents is 2. The van der Waals surface area contributed by atoms with Gasteiger partial charge in [0.25, 0.3) is 0 Å². The maximum absolute atomic E-state index is 9.92. The number of alkyl halides is 1. The van der Waals surface area contributed by atoms with Crippen molar-refractivity contribution in [2.24, 2.45) is 0 Å². The Kier molecular flexibility index (Phi) is 8.88.